The number of Topliss-reactive ketones (excluding diaryl/α,β-unsaturated/α-hetero) is 1. The topological polar surface area (TPSA) is 168 Å². The van der Waals surface area contributed by atoms with Crippen LogP contribution in [0.1, 0.15) is 64.7 Å². The first kappa shape index (κ1) is 28.7. The van der Waals surface area contributed by atoms with Crippen molar-refractivity contribution in [3.05, 3.63) is 99.4 Å². The molecule has 7 rings (SSSR count). The van der Waals surface area contributed by atoms with Crippen molar-refractivity contribution in [1.29, 1.82) is 0 Å². The highest BCUT2D eigenvalue weighted by Gasteiger charge is 2.57. The second-order valence-corrected chi connectivity index (χ2v) is 12.4. The van der Waals surface area contributed by atoms with Gasteiger partial charge >= 0.3 is 5.97 Å². The third kappa shape index (κ3) is 4.83. The van der Waals surface area contributed by atoms with E-state index in [1.54, 1.807) is 0 Å². The number of fused-ring (bicyclic) bond motifs is 3. The molecule has 0 saturated heterocycles. The molecule has 4 aliphatic carbocycles. The molecule has 2 unspecified atom stereocenters. The van der Waals surface area contributed by atoms with Crippen LogP contribution in [0.2, 0.25) is 0 Å². The van der Waals surface area contributed by atoms with E-state index >= 15 is 0 Å². The quantitative estimate of drug-likeness (QED) is 0.347. The number of nitrogens with one attached hydrogen (secondary N) is 2. The van der Waals surface area contributed by atoms with Crippen LogP contribution in [0, 0.1) is 17.8 Å². The first-order valence-corrected chi connectivity index (χ1v) is 15.3. The lowest BCUT2D eigenvalue weighted by Gasteiger charge is -2.34. The number of anilines is 1. The Labute approximate surface area is 260 Å². The predicted octanol–water partition coefficient (Wildman–Crippen LogP) is 2.95. The summed E-state index contributed by atoms with van der Waals surface area (Å²) in [4.78, 5) is 60.6. The van der Waals surface area contributed by atoms with Crippen LogP contribution in [0.15, 0.2) is 76.9 Å². The van der Waals surface area contributed by atoms with E-state index in [4.69, 9.17) is 5.73 Å². The molecule has 11 nitrogen and oxygen atoms in total. The Kier molecular flexibility index (Phi) is 6.91. The molecule has 1 aliphatic heterocycles. The largest absolute Gasteiger partial charge is 0.481 e. The molecule has 0 radical (unpaired) electrons. The first-order valence-electron chi connectivity index (χ1n) is 15.3. The fourth-order valence-electron chi connectivity index (χ4n) is 7.38. The Bertz CT molecular complexity index is 1810. The maximum atomic E-state index is 13.2. The summed E-state index contributed by atoms with van der Waals surface area (Å²) in [5, 5.41) is 15.4. The van der Waals surface area contributed by atoms with Gasteiger partial charge in [-0.3, -0.25) is 19.2 Å². The summed E-state index contributed by atoms with van der Waals surface area (Å²) in [7, 11) is 0. The molecular weight excluding hydrogens is 572 g/mol. The fourth-order valence-corrected chi connectivity index (χ4v) is 7.38. The van der Waals surface area contributed by atoms with E-state index in [-0.39, 0.29) is 47.5 Å². The van der Waals surface area contributed by atoms with Crippen molar-refractivity contribution in [2.45, 2.75) is 51.6 Å². The number of aryl methyl sites for hydroxylation is 1. The van der Waals surface area contributed by atoms with Crippen LogP contribution in [0.3, 0.4) is 0 Å². The first-order chi connectivity index (χ1) is 21.6. The van der Waals surface area contributed by atoms with Crippen molar-refractivity contribution in [2.75, 3.05) is 11.4 Å². The van der Waals surface area contributed by atoms with Crippen LogP contribution in [-0.2, 0) is 22.6 Å². The fraction of sp³-hybridized carbons (Fsp3) is 0.353. The lowest BCUT2D eigenvalue weighted by molar-refractivity contribution is -0.139. The van der Waals surface area contributed by atoms with Crippen LogP contribution in [0.4, 0.5) is 5.69 Å². The average molecular weight is 607 g/mol. The normalized spacial score (nSPS) is 25.0. The lowest BCUT2D eigenvalue weighted by atomic mass is 9.91. The second-order valence-electron chi connectivity index (χ2n) is 12.4. The Morgan fingerprint density at radius 1 is 1.11 bits per heavy atom. The number of benzene rings is 1. The van der Waals surface area contributed by atoms with E-state index in [0.29, 0.717) is 23.5 Å². The molecule has 11 heteroatoms. The Balaban J connectivity index is 1.02. The van der Waals surface area contributed by atoms with Crippen molar-refractivity contribution in [3.8, 4) is 0 Å². The number of nitrogens with two attached hydrogens (primary N) is 1. The molecule has 1 aromatic carbocycles. The standard InChI is InChI=1S/C34H34N6O5/c1-16-20-8-9-23(21(20)12-22-27(16)28(22)34(44)45)39-33(43)25-13-24(37-15-38-25)32(42)36-14-18-6-7-19-5-3-4-10-40(26(19)11-18)30-29(35)17(2)31(30)41/h6-7,11-13,15,22-23,27-28H,2-5,8-10,14,35H2,1H3,(H,36,42)(H,39,43)(H,44,45)/t22?,23-,27-,28?/m0/s1. The molecule has 2 aromatic rings. The number of allylic oxidation sites excluding steroid dienone is 4. The van der Waals surface area contributed by atoms with Crippen LogP contribution in [0.25, 0.3) is 0 Å². The van der Waals surface area contributed by atoms with Gasteiger partial charge in [0.15, 0.2) is 0 Å². The molecule has 45 heavy (non-hydrogen) atoms. The molecule has 2 saturated carbocycles. The monoisotopic (exact) mass is 606 g/mol. The van der Waals surface area contributed by atoms with Crippen molar-refractivity contribution < 1.29 is 24.3 Å². The number of ketones is 1. The second kappa shape index (κ2) is 10.8. The molecule has 2 fully saturated rings. The Hall–Kier alpha value is -5.06. The summed E-state index contributed by atoms with van der Waals surface area (Å²) >= 11 is 0. The highest BCUT2D eigenvalue weighted by molar-refractivity contribution is 6.21. The number of aliphatic carboxylic acids is 1. The highest BCUT2D eigenvalue weighted by Crippen LogP contribution is 2.58. The molecule has 230 valence electrons. The van der Waals surface area contributed by atoms with Crippen LogP contribution >= 0.6 is 0 Å². The number of rotatable bonds is 7. The Morgan fingerprint density at radius 3 is 2.64 bits per heavy atom. The van der Waals surface area contributed by atoms with Gasteiger partial charge in [-0.1, -0.05) is 30.4 Å². The third-order valence-corrected chi connectivity index (χ3v) is 9.86. The maximum Gasteiger partial charge on any atom is 0.307 e. The molecule has 0 bridgehead atoms. The van der Waals surface area contributed by atoms with Crippen LogP contribution < -0.4 is 21.3 Å². The number of hydrogen-bond acceptors (Lipinski definition) is 8. The van der Waals surface area contributed by atoms with Gasteiger partial charge in [-0.25, -0.2) is 9.97 Å². The van der Waals surface area contributed by atoms with Crippen molar-refractivity contribution in [1.82, 2.24) is 20.6 Å². The SMILES string of the molecule is C=C1C(=O)C(N2CCCCc3ccc(CNC(=O)c4cc(C(=O)N[C@H]5CCC6=C(C)[C@H]7C(C=C65)C7C(=O)O)ncn4)cc32)=C1N. The number of carbonyl (C=O) groups is 4. The molecular formula is C34H34N6O5. The number of nitrogens with zero attached hydrogens (tertiary/aromatic N) is 3. The third-order valence-electron chi connectivity index (χ3n) is 9.86. The van der Waals surface area contributed by atoms with E-state index in [2.05, 4.69) is 27.2 Å². The maximum absolute atomic E-state index is 13.2. The molecule has 5 aliphatic rings. The molecule has 4 atom stereocenters. The van der Waals surface area contributed by atoms with Crippen molar-refractivity contribution in [3.63, 3.8) is 0 Å². The Morgan fingerprint density at radius 2 is 1.89 bits per heavy atom. The van der Waals surface area contributed by atoms with E-state index < -0.39 is 17.8 Å². The summed E-state index contributed by atoms with van der Waals surface area (Å²) in [6.07, 6.45) is 7.53. The minimum absolute atomic E-state index is 0.0216. The molecule has 2 heterocycles. The highest BCUT2D eigenvalue weighted by atomic mass is 16.4. The summed E-state index contributed by atoms with van der Waals surface area (Å²) in [5.74, 6) is -2.13. The number of amides is 2. The summed E-state index contributed by atoms with van der Waals surface area (Å²) in [5.41, 5.74) is 13.7. The minimum Gasteiger partial charge on any atom is -0.481 e. The summed E-state index contributed by atoms with van der Waals surface area (Å²) in [6.45, 7) is 6.64. The summed E-state index contributed by atoms with van der Waals surface area (Å²) < 4.78 is 0. The zero-order valence-electron chi connectivity index (χ0n) is 24.9. The zero-order valence-corrected chi connectivity index (χ0v) is 24.9. The minimum atomic E-state index is -0.780. The molecule has 0 spiro atoms. The van der Waals surface area contributed by atoms with Gasteiger partial charge < -0.3 is 26.4 Å². The summed E-state index contributed by atoms with van der Waals surface area (Å²) in [6, 6.07) is 7.09. The van der Waals surface area contributed by atoms with E-state index in [1.807, 2.05) is 36.1 Å². The van der Waals surface area contributed by atoms with Gasteiger partial charge in [-0.15, -0.1) is 0 Å². The van der Waals surface area contributed by atoms with Gasteiger partial charge in [-0.2, -0.15) is 0 Å². The van der Waals surface area contributed by atoms with Crippen LogP contribution in [0.5, 0.6) is 0 Å². The van der Waals surface area contributed by atoms with Crippen LogP contribution in [-0.4, -0.2) is 51.2 Å². The van der Waals surface area contributed by atoms with E-state index in [1.165, 1.54) is 12.4 Å². The van der Waals surface area contributed by atoms with E-state index in [0.717, 1.165) is 65.6 Å². The number of carbonyl (C=O) groups excluding carboxylic acids is 3. The van der Waals surface area contributed by atoms with Crippen molar-refractivity contribution >= 4 is 29.3 Å². The average Bonchev–Trinajstić information content (AvgIpc) is 3.71. The number of carboxylic acids is 1. The van der Waals surface area contributed by atoms with Gasteiger partial charge in [0.05, 0.1) is 17.7 Å². The zero-order chi connectivity index (χ0) is 31.6. The molecule has 2 amide bonds. The molecule has 5 N–H and O–H groups in total. The van der Waals surface area contributed by atoms with Gasteiger partial charge in [0.2, 0.25) is 5.78 Å². The number of carboxylic acid groups (broad SMARTS) is 1. The lowest BCUT2D eigenvalue weighted by Crippen LogP contribution is -2.39. The number of hydrogen-bond donors (Lipinski definition) is 4. The predicted molar refractivity (Wildman–Crippen MR) is 165 cm³/mol. The van der Waals surface area contributed by atoms with Gasteiger partial charge in [0, 0.05) is 36.3 Å². The number of aromatic nitrogens is 2. The smallest absolute Gasteiger partial charge is 0.307 e. The van der Waals surface area contributed by atoms with Gasteiger partial charge in [0.1, 0.15) is 23.4 Å². The van der Waals surface area contributed by atoms with Crippen molar-refractivity contribution in [2.24, 2.45) is 23.5 Å². The van der Waals surface area contributed by atoms with Gasteiger partial charge in [0.25, 0.3) is 11.8 Å². The molecule has 1 aromatic heterocycles. The van der Waals surface area contributed by atoms with Gasteiger partial charge in [-0.05, 0) is 73.3 Å². The van der Waals surface area contributed by atoms with E-state index in [9.17, 15) is 24.3 Å².